The number of aliphatic hydroxyl groups is 1. The van der Waals surface area contributed by atoms with Crippen LogP contribution >= 0.6 is 11.8 Å². The number of thioether (sulfide) groups is 1. The molecule has 0 unspecified atom stereocenters. The number of ether oxygens (including phenoxy) is 1. The van der Waals surface area contributed by atoms with Crippen LogP contribution in [0, 0.1) is 0 Å². The number of carbonyl (C=O) groups excluding carboxylic acids is 2. The van der Waals surface area contributed by atoms with Crippen LogP contribution in [0.1, 0.15) is 25.8 Å². The maximum absolute atomic E-state index is 12.6. The van der Waals surface area contributed by atoms with Gasteiger partial charge in [0.1, 0.15) is 18.0 Å². The van der Waals surface area contributed by atoms with Crippen molar-refractivity contribution in [2.75, 3.05) is 0 Å². The van der Waals surface area contributed by atoms with E-state index in [4.69, 9.17) is 4.74 Å². The van der Waals surface area contributed by atoms with E-state index >= 15 is 0 Å². The van der Waals surface area contributed by atoms with Crippen molar-refractivity contribution in [3.8, 4) is 0 Å². The highest BCUT2D eigenvalue weighted by Crippen LogP contribution is 2.56. The fourth-order valence-electron chi connectivity index (χ4n) is 3.31. The van der Waals surface area contributed by atoms with Crippen LogP contribution < -0.4 is 0 Å². The van der Waals surface area contributed by atoms with Crippen LogP contribution in [0.5, 0.6) is 0 Å². The van der Waals surface area contributed by atoms with Crippen molar-refractivity contribution in [1.29, 1.82) is 0 Å². The van der Waals surface area contributed by atoms with E-state index in [-0.39, 0.29) is 13.0 Å². The molecule has 1 amide bonds. The predicted molar refractivity (Wildman–Crippen MR) is 92.1 cm³/mol. The van der Waals surface area contributed by atoms with Crippen LogP contribution in [0.3, 0.4) is 0 Å². The first-order chi connectivity index (χ1) is 11.3. The van der Waals surface area contributed by atoms with Crippen molar-refractivity contribution < 1.29 is 19.4 Å². The SMILES string of the molecule is C=CC[C@@]1(O)C(=O)N2[C@@H](C(=O)OCc3ccccc3)C(C)(C)S[C@@H]21. The lowest BCUT2D eigenvalue weighted by atomic mass is 9.85. The second-order valence-corrected chi connectivity index (χ2v) is 8.43. The Labute approximate surface area is 145 Å². The molecule has 128 valence electrons. The molecule has 1 aromatic rings. The molecule has 2 fully saturated rings. The summed E-state index contributed by atoms with van der Waals surface area (Å²) in [6.45, 7) is 7.56. The van der Waals surface area contributed by atoms with Crippen LogP contribution in [0.25, 0.3) is 0 Å². The predicted octanol–water partition coefficient (Wildman–Crippen LogP) is 2.10. The van der Waals surface area contributed by atoms with Gasteiger partial charge in [0.25, 0.3) is 5.91 Å². The fraction of sp³-hybridized carbons (Fsp3) is 0.444. The summed E-state index contributed by atoms with van der Waals surface area (Å²) in [5.74, 6) is -0.861. The van der Waals surface area contributed by atoms with Gasteiger partial charge in [0, 0.05) is 11.2 Å². The Bertz CT molecular complexity index is 675. The number of nitrogens with zero attached hydrogens (tertiary/aromatic N) is 1. The zero-order chi connectivity index (χ0) is 17.5. The Morgan fingerprint density at radius 1 is 1.42 bits per heavy atom. The normalized spacial score (nSPS) is 30.5. The van der Waals surface area contributed by atoms with Crippen molar-refractivity contribution in [3.63, 3.8) is 0 Å². The highest BCUT2D eigenvalue weighted by Gasteiger charge is 2.70. The second kappa shape index (κ2) is 5.93. The molecule has 0 saturated carbocycles. The largest absolute Gasteiger partial charge is 0.459 e. The molecule has 3 atom stereocenters. The molecular formula is C18H21NO4S. The van der Waals surface area contributed by atoms with E-state index in [1.54, 1.807) is 0 Å². The Morgan fingerprint density at radius 3 is 2.71 bits per heavy atom. The van der Waals surface area contributed by atoms with Crippen LogP contribution in [0.4, 0.5) is 0 Å². The Kier molecular flexibility index (Phi) is 4.21. The van der Waals surface area contributed by atoms with Gasteiger partial charge >= 0.3 is 5.97 Å². The van der Waals surface area contributed by atoms with Gasteiger partial charge in [-0.3, -0.25) is 4.79 Å². The summed E-state index contributed by atoms with van der Waals surface area (Å²) >= 11 is 1.43. The molecule has 2 heterocycles. The minimum Gasteiger partial charge on any atom is -0.459 e. The Morgan fingerprint density at radius 2 is 2.08 bits per heavy atom. The number of fused-ring (bicyclic) bond motifs is 1. The lowest BCUT2D eigenvalue weighted by Gasteiger charge is -2.49. The van der Waals surface area contributed by atoms with E-state index in [0.717, 1.165) is 5.56 Å². The van der Waals surface area contributed by atoms with Gasteiger partial charge in [-0.05, 0) is 19.4 Å². The molecule has 2 saturated heterocycles. The number of benzene rings is 1. The zero-order valence-corrected chi connectivity index (χ0v) is 14.6. The fourth-order valence-corrected chi connectivity index (χ4v) is 4.94. The number of hydrogen-bond acceptors (Lipinski definition) is 5. The quantitative estimate of drug-likeness (QED) is 0.502. The van der Waals surface area contributed by atoms with Gasteiger partial charge < -0.3 is 14.7 Å². The highest BCUT2D eigenvalue weighted by molar-refractivity contribution is 8.01. The molecule has 2 aliphatic rings. The van der Waals surface area contributed by atoms with Crippen LogP contribution in [0.2, 0.25) is 0 Å². The van der Waals surface area contributed by atoms with Crippen LogP contribution in [-0.4, -0.2) is 43.6 Å². The Hall–Kier alpha value is -1.79. The summed E-state index contributed by atoms with van der Waals surface area (Å²) in [5.41, 5.74) is -0.568. The average Bonchev–Trinajstić information content (AvgIpc) is 2.83. The molecular weight excluding hydrogens is 326 g/mol. The van der Waals surface area contributed by atoms with Gasteiger partial charge in [0.05, 0.1) is 0 Å². The van der Waals surface area contributed by atoms with Gasteiger partial charge in [0.15, 0.2) is 5.60 Å². The van der Waals surface area contributed by atoms with E-state index in [2.05, 4.69) is 6.58 Å². The van der Waals surface area contributed by atoms with E-state index in [1.165, 1.54) is 22.7 Å². The summed E-state index contributed by atoms with van der Waals surface area (Å²) < 4.78 is 4.90. The van der Waals surface area contributed by atoms with E-state index in [1.807, 2.05) is 44.2 Å². The number of carbonyl (C=O) groups is 2. The zero-order valence-electron chi connectivity index (χ0n) is 13.8. The van der Waals surface area contributed by atoms with Crippen LogP contribution in [0.15, 0.2) is 43.0 Å². The molecule has 1 aromatic carbocycles. The third-order valence-corrected chi connectivity index (χ3v) is 6.19. The maximum Gasteiger partial charge on any atom is 0.330 e. The van der Waals surface area contributed by atoms with Gasteiger partial charge in [-0.15, -0.1) is 18.3 Å². The first kappa shape index (κ1) is 17.0. The minimum atomic E-state index is -1.46. The molecule has 6 heteroatoms. The number of amides is 1. The number of rotatable bonds is 5. The van der Waals surface area contributed by atoms with Gasteiger partial charge in [0.2, 0.25) is 0 Å². The van der Waals surface area contributed by atoms with Crippen molar-refractivity contribution in [3.05, 3.63) is 48.6 Å². The summed E-state index contributed by atoms with van der Waals surface area (Å²) in [4.78, 5) is 26.5. The van der Waals surface area contributed by atoms with E-state index in [0.29, 0.717) is 0 Å². The average molecular weight is 347 g/mol. The molecule has 0 spiro atoms. The number of hydrogen-bond donors (Lipinski definition) is 1. The van der Waals surface area contributed by atoms with Gasteiger partial charge in [-0.1, -0.05) is 36.4 Å². The molecule has 0 aliphatic carbocycles. The highest BCUT2D eigenvalue weighted by atomic mass is 32.2. The van der Waals surface area contributed by atoms with E-state index < -0.39 is 33.6 Å². The molecule has 2 aliphatic heterocycles. The van der Waals surface area contributed by atoms with Crippen LogP contribution in [-0.2, 0) is 20.9 Å². The van der Waals surface area contributed by atoms with Gasteiger partial charge in [-0.2, -0.15) is 0 Å². The van der Waals surface area contributed by atoms with Crippen molar-refractivity contribution >= 4 is 23.6 Å². The maximum atomic E-state index is 12.6. The summed E-state index contributed by atoms with van der Waals surface area (Å²) in [6.07, 6.45) is 1.71. The lowest BCUT2D eigenvalue weighted by Crippen LogP contribution is -2.73. The lowest BCUT2D eigenvalue weighted by molar-refractivity contribution is -0.189. The smallest absolute Gasteiger partial charge is 0.330 e. The molecule has 0 aromatic heterocycles. The summed E-state index contributed by atoms with van der Waals surface area (Å²) in [7, 11) is 0. The second-order valence-electron chi connectivity index (χ2n) is 6.70. The van der Waals surface area contributed by atoms with E-state index in [9.17, 15) is 14.7 Å². The number of β-lactam (4-membered cyclic amide) rings is 1. The first-order valence-electron chi connectivity index (χ1n) is 7.85. The molecule has 0 bridgehead atoms. The monoisotopic (exact) mass is 347 g/mol. The molecule has 0 radical (unpaired) electrons. The van der Waals surface area contributed by atoms with Crippen molar-refractivity contribution in [1.82, 2.24) is 4.90 Å². The third kappa shape index (κ3) is 2.54. The molecule has 3 rings (SSSR count). The summed E-state index contributed by atoms with van der Waals surface area (Å²) in [5, 5.41) is 10.1. The van der Waals surface area contributed by atoms with Gasteiger partial charge in [-0.25, -0.2) is 4.79 Å². The minimum absolute atomic E-state index is 0.167. The molecule has 1 N–H and O–H groups in total. The standard InChI is InChI=1S/C18H21NO4S/c1-4-10-18(22)15(21)19-13(17(2,3)24-16(18)19)14(20)23-11-12-8-6-5-7-9-12/h4-9,13,16,22H,1,10-11H2,2-3H3/t13-,16+,18+/m0/s1. The Balaban J connectivity index is 1.74. The molecule has 24 heavy (non-hydrogen) atoms. The number of esters is 1. The summed E-state index contributed by atoms with van der Waals surface area (Å²) in [6, 6.07) is 8.70. The van der Waals surface area contributed by atoms with Crippen molar-refractivity contribution in [2.24, 2.45) is 0 Å². The topological polar surface area (TPSA) is 66.8 Å². The van der Waals surface area contributed by atoms with Crippen molar-refractivity contribution in [2.45, 2.75) is 48.6 Å². The third-order valence-electron chi connectivity index (χ3n) is 4.52. The molecule has 5 nitrogen and oxygen atoms in total. The first-order valence-corrected chi connectivity index (χ1v) is 8.73.